The molecular weight excluding hydrogens is 457 g/mol. The number of hydrogen-bond acceptors (Lipinski definition) is 3. The zero-order valence-corrected chi connectivity index (χ0v) is 17.1. The molecule has 4 nitrogen and oxygen atoms in total. The second-order valence-electron chi connectivity index (χ2n) is 6.87. The maximum atomic E-state index is 14.8. The van der Waals surface area contributed by atoms with E-state index in [4.69, 9.17) is 4.74 Å². The van der Waals surface area contributed by atoms with Gasteiger partial charge in [0.2, 0.25) is 0 Å². The number of benzene rings is 2. The summed E-state index contributed by atoms with van der Waals surface area (Å²) in [6, 6.07) is 6.15. The maximum absolute atomic E-state index is 14.8. The fraction of sp³-hybridized carbons (Fsp3) is 0.182. The lowest BCUT2D eigenvalue weighted by molar-refractivity contribution is -0.143. The van der Waals surface area contributed by atoms with Crippen molar-refractivity contribution >= 4 is 11.6 Å². The van der Waals surface area contributed by atoms with E-state index in [9.17, 15) is 35.5 Å². The molecule has 1 aromatic heterocycles. The molecule has 0 fully saturated rings. The summed E-state index contributed by atoms with van der Waals surface area (Å²) < 4.78 is 98.7. The minimum atomic E-state index is -5.11. The smallest absolute Gasteiger partial charge is 0.416 e. The highest BCUT2D eigenvalue weighted by molar-refractivity contribution is 6.08. The molecule has 0 saturated heterocycles. The number of amides is 1. The SMILES string of the molecule is COc1cccc(-c2ccncc2N(C)C(=O)c2cc(C(F)(F)F)cc(C(F)(F)F)c2)c1F. The van der Waals surface area contributed by atoms with Crippen LogP contribution in [0.4, 0.5) is 36.4 Å². The lowest BCUT2D eigenvalue weighted by Gasteiger charge is -2.22. The second kappa shape index (κ2) is 8.72. The summed E-state index contributed by atoms with van der Waals surface area (Å²) in [6.45, 7) is 0. The highest BCUT2D eigenvalue weighted by Gasteiger charge is 2.38. The Morgan fingerprint density at radius 2 is 1.55 bits per heavy atom. The first-order chi connectivity index (χ1) is 15.3. The number of alkyl halides is 6. The fourth-order valence-electron chi connectivity index (χ4n) is 3.14. The van der Waals surface area contributed by atoms with E-state index in [-0.39, 0.29) is 28.6 Å². The zero-order chi connectivity index (χ0) is 24.6. The van der Waals surface area contributed by atoms with Gasteiger partial charge in [0.05, 0.1) is 30.1 Å². The van der Waals surface area contributed by atoms with E-state index >= 15 is 0 Å². The Kier molecular flexibility index (Phi) is 6.35. The summed E-state index contributed by atoms with van der Waals surface area (Å²) in [5.41, 5.74) is -4.02. The number of aromatic nitrogens is 1. The van der Waals surface area contributed by atoms with Gasteiger partial charge in [-0.25, -0.2) is 4.39 Å². The van der Waals surface area contributed by atoms with Crippen LogP contribution in [0.5, 0.6) is 5.75 Å². The van der Waals surface area contributed by atoms with Crippen molar-refractivity contribution in [3.05, 3.63) is 77.4 Å². The lowest BCUT2D eigenvalue weighted by atomic mass is 10.0. The van der Waals surface area contributed by atoms with Gasteiger partial charge in [-0.15, -0.1) is 0 Å². The van der Waals surface area contributed by atoms with E-state index in [1.165, 1.54) is 37.6 Å². The van der Waals surface area contributed by atoms with Crippen LogP contribution >= 0.6 is 0 Å². The second-order valence-corrected chi connectivity index (χ2v) is 6.87. The molecule has 0 atom stereocenters. The van der Waals surface area contributed by atoms with Crippen LogP contribution in [0.1, 0.15) is 21.5 Å². The van der Waals surface area contributed by atoms with Crippen LogP contribution in [0.3, 0.4) is 0 Å². The molecule has 0 spiro atoms. The summed E-state index contributed by atoms with van der Waals surface area (Å²) in [5.74, 6) is -2.05. The molecule has 0 aliphatic carbocycles. The molecule has 0 aliphatic heterocycles. The molecule has 1 heterocycles. The Bertz CT molecular complexity index is 1160. The number of carbonyl (C=O) groups is 1. The van der Waals surface area contributed by atoms with Crippen LogP contribution in [-0.4, -0.2) is 25.0 Å². The predicted octanol–water partition coefficient (Wildman–Crippen LogP) is 6.21. The average molecular weight is 472 g/mol. The van der Waals surface area contributed by atoms with Gasteiger partial charge in [-0.05, 0) is 30.3 Å². The van der Waals surface area contributed by atoms with Gasteiger partial charge in [0, 0.05) is 29.9 Å². The monoisotopic (exact) mass is 472 g/mol. The van der Waals surface area contributed by atoms with Gasteiger partial charge in [0.25, 0.3) is 5.91 Å². The van der Waals surface area contributed by atoms with Crippen molar-refractivity contribution in [3.63, 3.8) is 0 Å². The van der Waals surface area contributed by atoms with Crippen molar-refractivity contribution in [2.24, 2.45) is 0 Å². The Labute approximate surface area is 183 Å². The number of anilines is 1. The number of carbonyl (C=O) groups excluding carboxylic acids is 1. The van der Waals surface area contributed by atoms with Crippen molar-refractivity contribution in [2.75, 3.05) is 19.1 Å². The number of nitrogens with zero attached hydrogens (tertiary/aromatic N) is 2. The van der Waals surface area contributed by atoms with Crippen LogP contribution in [0, 0.1) is 5.82 Å². The van der Waals surface area contributed by atoms with E-state index in [0.717, 1.165) is 18.1 Å². The molecule has 0 unspecified atom stereocenters. The highest BCUT2D eigenvalue weighted by atomic mass is 19.4. The normalized spacial score (nSPS) is 11.9. The minimum Gasteiger partial charge on any atom is -0.494 e. The summed E-state index contributed by atoms with van der Waals surface area (Å²) in [7, 11) is 2.38. The third kappa shape index (κ3) is 4.91. The summed E-state index contributed by atoms with van der Waals surface area (Å²) >= 11 is 0. The van der Waals surface area contributed by atoms with Crippen LogP contribution < -0.4 is 9.64 Å². The third-order valence-electron chi connectivity index (χ3n) is 4.77. The largest absolute Gasteiger partial charge is 0.494 e. The molecule has 11 heteroatoms. The quantitative estimate of drug-likeness (QED) is 0.424. The molecule has 2 aromatic carbocycles. The first-order valence-corrected chi connectivity index (χ1v) is 9.19. The van der Waals surface area contributed by atoms with Gasteiger partial charge in [0.1, 0.15) is 0 Å². The predicted molar refractivity (Wildman–Crippen MR) is 105 cm³/mol. The molecule has 1 amide bonds. The average Bonchev–Trinajstić information content (AvgIpc) is 2.77. The Morgan fingerprint density at radius 3 is 2.09 bits per heavy atom. The van der Waals surface area contributed by atoms with E-state index in [0.29, 0.717) is 12.1 Å². The van der Waals surface area contributed by atoms with Crippen LogP contribution in [0.25, 0.3) is 11.1 Å². The van der Waals surface area contributed by atoms with Crippen molar-refractivity contribution in [1.82, 2.24) is 4.98 Å². The summed E-state index contributed by atoms with van der Waals surface area (Å²) in [4.78, 5) is 17.6. The molecule has 0 radical (unpaired) electrons. The van der Waals surface area contributed by atoms with Gasteiger partial charge in [-0.2, -0.15) is 26.3 Å². The molecule has 3 aromatic rings. The van der Waals surface area contributed by atoms with Gasteiger partial charge in [-0.1, -0.05) is 12.1 Å². The van der Waals surface area contributed by atoms with E-state index in [1.54, 1.807) is 0 Å². The minimum absolute atomic E-state index is 0.00794. The Morgan fingerprint density at radius 1 is 0.939 bits per heavy atom. The Hall–Kier alpha value is -3.63. The number of hydrogen-bond donors (Lipinski definition) is 0. The number of methoxy groups -OCH3 is 1. The van der Waals surface area contributed by atoms with Crippen LogP contribution in [0.15, 0.2) is 54.9 Å². The lowest BCUT2D eigenvalue weighted by Crippen LogP contribution is -2.28. The topological polar surface area (TPSA) is 42.4 Å². The molecule has 3 rings (SSSR count). The molecule has 0 N–H and O–H groups in total. The number of rotatable bonds is 4. The van der Waals surface area contributed by atoms with Crippen molar-refractivity contribution < 1.29 is 40.3 Å². The first-order valence-electron chi connectivity index (χ1n) is 9.19. The Balaban J connectivity index is 2.12. The van der Waals surface area contributed by atoms with E-state index in [2.05, 4.69) is 4.98 Å². The summed E-state index contributed by atoms with van der Waals surface area (Å²) in [5, 5.41) is 0. The van der Waals surface area contributed by atoms with Crippen LogP contribution in [-0.2, 0) is 12.4 Å². The van der Waals surface area contributed by atoms with E-state index < -0.39 is 40.8 Å². The number of halogens is 7. The van der Waals surface area contributed by atoms with Gasteiger partial charge in [-0.3, -0.25) is 9.78 Å². The molecule has 0 aliphatic rings. The highest BCUT2D eigenvalue weighted by Crippen LogP contribution is 2.38. The van der Waals surface area contributed by atoms with Crippen molar-refractivity contribution in [3.8, 4) is 16.9 Å². The molecule has 174 valence electrons. The van der Waals surface area contributed by atoms with Crippen molar-refractivity contribution in [2.45, 2.75) is 12.4 Å². The molecule has 0 bridgehead atoms. The number of ether oxygens (including phenoxy) is 1. The molecule has 0 saturated carbocycles. The fourth-order valence-corrected chi connectivity index (χ4v) is 3.14. The summed E-state index contributed by atoms with van der Waals surface area (Å²) in [6.07, 6.45) is -7.79. The molecule has 33 heavy (non-hydrogen) atoms. The van der Waals surface area contributed by atoms with Gasteiger partial charge in [0.15, 0.2) is 11.6 Å². The zero-order valence-electron chi connectivity index (χ0n) is 17.1. The van der Waals surface area contributed by atoms with Crippen LogP contribution in [0.2, 0.25) is 0 Å². The first kappa shape index (κ1) is 24.0. The third-order valence-corrected chi connectivity index (χ3v) is 4.77. The van der Waals surface area contributed by atoms with Crippen molar-refractivity contribution in [1.29, 1.82) is 0 Å². The maximum Gasteiger partial charge on any atom is 0.416 e. The number of pyridine rings is 1. The standard InChI is InChI=1S/C22H15F7N2O2/c1-31(17-11-30-7-6-15(17)16-4-3-5-18(33-2)19(16)23)20(32)12-8-13(21(24,25)26)10-14(9-12)22(27,28)29/h3-11H,1-2H3. The van der Waals surface area contributed by atoms with Gasteiger partial charge < -0.3 is 9.64 Å². The van der Waals surface area contributed by atoms with Gasteiger partial charge >= 0.3 is 12.4 Å². The molecular formula is C22H15F7N2O2. The van der Waals surface area contributed by atoms with E-state index in [1.807, 2.05) is 0 Å².